The van der Waals surface area contributed by atoms with Gasteiger partial charge in [0.05, 0.1) is 5.69 Å². The zero-order valence-corrected chi connectivity index (χ0v) is 12.5. The number of nitrogens with zero attached hydrogens (tertiary/aromatic N) is 3. The van der Waals surface area contributed by atoms with Crippen LogP contribution in [0.5, 0.6) is 0 Å². The third-order valence-corrected chi connectivity index (χ3v) is 3.77. The van der Waals surface area contributed by atoms with Crippen molar-refractivity contribution in [1.29, 1.82) is 0 Å². The van der Waals surface area contributed by atoms with Crippen molar-refractivity contribution in [1.82, 2.24) is 20.0 Å². The number of carbonyl (C=O) groups is 2. The smallest absolute Gasteiger partial charge is 0.272 e. The summed E-state index contributed by atoms with van der Waals surface area (Å²) < 4.78 is 1.61. The summed E-state index contributed by atoms with van der Waals surface area (Å²) in [6.07, 6.45) is 1.58. The van der Waals surface area contributed by atoms with Crippen molar-refractivity contribution < 1.29 is 9.59 Å². The van der Waals surface area contributed by atoms with Crippen molar-refractivity contribution in [3.05, 3.63) is 17.5 Å². The molecule has 1 unspecified atom stereocenters. The first kappa shape index (κ1) is 14.6. The van der Waals surface area contributed by atoms with E-state index >= 15 is 0 Å². The molecule has 0 aliphatic carbocycles. The van der Waals surface area contributed by atoms with Gasteiger partial charge in [0.15, 0.2) is 0 Å². The van der Waals surface area contributed by atoms with E-state index < -0.39 is 0 Å². The molecular weight excluding hydrogens is 256 g/mol. The number of carbonyl (C=O) groups excluding carboxylic acids is 2. The van der Waals surface area contributed by atoms with Crippen LogP contribution in [0.25, 0.3) is 0 Å². The summed E-state index contributed by atoms with van der Waals surface area (Å²) in [5.41, 5.74) is 1.44. The van der Waals surface area contributed by atoms with Gasteiger partial charge in [0, 0.05) is 20.6 Å². The number of likely N-dealkylation sites (N-methyl/N-ethyl adjacent to an activating group) is 1. The Morgan fingerprint density at radius 1 is 1.45 bits per heavy atom. The fraction of sp³-hybridized carbons (Fsp3) is 0.643. The van der Waals surface area contributed by atoms with Crippen LogP contribution in [0, 0.1) is 0 Å². The van der Waals surface area contributed by atoms with Gasteiger partial charge < -0.3 is 10.2 Å². The molecule has 6 heteroatoms. The van der Waals surface area contributed by atoms with E-state index in [-0.39, 0.29) is 23.8 Å². The first-order valence-electron chi connectivity index (χ1n) is 7.02. The maximum Gasteiger partial charge on any atom is 0.272 e. The maximum absolute atomic E-state index is 12.6. The van der Waals surface area contributed by atoms with Crippen molar-refractivity contribution in [2.45, 2.75) is 38.6 Å². The van der Waals surface area contributed by atoms with E-state index in [1.165, 1.54) is 0 Å². The second-order valence-electron chi connectivity index (χ2n) is 5.50. The quantitative estimate of drug-likeness (QED) is 0.893. The molecule has 110 valence electrons. The van der Waals surface area contributed by atoms with Gasteiger partial charge in [0.1, 0.15) is 11.7 Å². The Morgan fingerprint density at radius 2 is 2.15 bits per heavy atom. The Bertz CT molecular complexity index is 521. The summed E-state index contributed by atoms with van der Waals surface area (Å²) in [4.78, 5) is 26.1. The summed E-state index contributed by atoms with van der Waals surface area (Å²) in [6.45, 7) is 4.71. The van der Waals surface area contributed by atoms with Gasteiger partial charge in [-0.2, -0.15) is 5.10 Å². The molecule has 1 aliphatic heterocycles. The third-order valence-electron chi connectivity index (χ3n) is 3.77. The number of amides is 2. The normalized spacial score (nSPS) is 18.6. The molecule has 2 amide bonds. The van der Waals surface area contributed by atoms with Crippen LogP contribution in [0.4, 0.5) is 0 Å². The molecule has 2 heterocycles. The summed E-state index contributed by atoms with van der Waals surface area (Å²) in [5.74, 6) is 0.0659. The second-order valence-corrected chi connectivity index (χ2v) is 5.50. The van der Waals surface area contributed by atoms with E-state index in [0.29, 0.717) is 12.2 Å². The number of rotatable bonds is 3. The summed E-state index contributed by atoms with van der Waals surface area (Å²) in [6, 6.07) is 1.47. The highest BCUT2D eigenvalue weighted by Crippen LogP contribution is 2.22. The third kappa shape index (κ3) is 2.55. The maximum atomic E-state index is 12.6. The molecule has 1 aromatic rings. The Balaban J connectivity index is 2.24. The molecule has 0 spiro atoms. The number of hydrogen-bond donors (Lipinski definition) is 1. The van der Waals surface area contributed by atoms with Crippen LogP contribution < -0.4 is 5.32 Å². The van der Waals surface area contributed by atoms with Gasteiger partial charge in [0.25, 0.3) is 5.91 Å². The average Bonchev–Trinajstić information content (AvgIpc) is 3.03. The van der Waals surface area contributed by atoms with Crippen LogP contribution in [0.1, 0.15) is 48.8 Å². The van der Waals surface area contributed by atoms with Crippen LogP contribution in [-0.4, -0.2) is 46.1 Å². The van der Waals surface area contributed by atoms with Gasteiger partial charge in [-0.05, 0) is 24.8 Å². The van der Waals surface area contributed by atoms with Crippen LogP contribution in [0.2, 0.25) is 0 Å². The molecule has 1 fully saturated rings. The fourth-order valence-electron chi connectivity index (χ4n) is 2.57. The lowest BCUT2D eigenvalue weighted by Crippen LogP contribution is -2.45. The Morgan fingerprint density at radius 3 is 2.70 bits per heavy atom. The van der Waals surface area contributed by atoms with Crippen LogP contribution in [-0.2, 0) is 11.8 Å². The van der Waals surface area contributed by atoms with Crippen LogP contribution in [0.3, 0.4) is 0 Å². The highest BCUT2D eigenvalue weighted by molar-refractivity contribution is 5.96. The number of nitrogens with one attached hydrogen (secondary N) is 1. The fourth-order valence-corrected chi connectivity index (χ4v) is 2.57. The van der Waals surface area contributed by atoms with Crippen molar-refractivity contribution >= 4 is 11.8 Å². The predicted octanol–water partition coefficient (Wildman–Crippen LogP) is 0.894. The molecule has 20 heavy (non-hydrogen) atoms. The Kier molecular flexibility index (Phi) is 4.11. The van der Waals surface area contributed by atoms with Crippen molar-refractivity contribution in [3.8, 4) is 0 Å². The minimum atomic E-state index is -0.357. The van der Waals surface area contributed by atoms with Crippen molar-refractivity contribution in [2.24, 2.45) is 7.05 Å². The predicted molar refractivity (Wildman–Crippen MR) is 75.4 cm³/mol. The first-order chi connectivity index (χ1) is 9.45. The van der Waals surface area contributed by atoms with Gasteiger partial charge >= 0.3 is 0 Å². The summed E-state index contributed by atoms with van der Waals surface area (Å²) in [7, 11) is 3.37. The molecule has 0 bridgehead atoms. The lowest BCUT2D eigenvalue weighted by Gasteiger charge is -2.23. The largest absolute Gasteiger partial charge is 0.357 e. The molecule has 1 aliphatic rings. The number of hydrogen-bond acceptors (Lipinski definition) is 3. The molecule has 1 N–H and O–H groups in total. The number of aromatic nitrogens is 2. The van der Waals surface area contributed by atoms with Gasteiger partial charge in [0.2, 0.25) is 5.91 Å². The lowest BCUT2D eigenvalue weighted by molar-refractivity contribution is -0.124. The number of aryl methyl sites for hydroxylation is 1. The molecule has 0 aromatic carbocycles. The minimum Gasteiger partial charge on any atom is -0.357 e. The van der Waals surface area contributed by atoms with Crippen molar-refractivity contribution in [3.63, 3.8) is 0 Å². The molecule has 2 rings (SSSR count). The minimum absolute atomic E-state index is 0.0953. The zero-order valence-electron chi connectivity index (χ0n) is 12.5. The Labute approximate surface area is 119 Å². The molecule has 1 atom stereocenters. The summed E-state index contributed by atoms with van der Waals surface area (Å²) >= 11 is 0. The first-order valence-corrected chi connectivity index (χ1v) is 7.02. The van der Waals surface area contributed by atoms with E-state index in [9.17, 15) is 9.59 Å². The van der Waals surface area contributed by atoms with E-state index in [0.717, 1.165) is 18.5 Å². The zero-order chi connectivity index (χ0) is 14.9. The van der Waals surface area contributed by atoms with E-state index in [2.05, 4.69) is 10.4 Å². The van der Waals surface area contributed by atoms with E-state index in [1.54, 1.807) is 23.7 Å². The Hall–Kier alpha value is -1.85. The molecule has 1 aromatic heterocycles. The standard InChI is InChI=1S/C14H22N4O2/c1-9(2)10-8-12(17(4)16-10)14(20)18-7-5-6-11(18)13(19)15-3/h8-9,11H,5-7H2,1-4H3,(H,15,19). The summed E-state index contributed by atoms with van der Waals surface area (Å²) in [5, 5.41) is 6.99. The average molecular weight is 278 g/mol. The highest BCUT2D eigenvalue weighted by atomic mass is 16.2. The lowest BCUT2D eigenvalue weighted by atomic mass is 10.1. The van der Waals surface area contributed by atoms with Gasteiger partial charge in [-0.25, -0.2) is 0 Å². The van der Waals surface area contributed by atoms with Crippen molar-refractivity contribution in [2.75, 3.05) is 13.6 Å². The van der Waals surface area contributed by atoms with E-state index in [4.69, 9.17) is 0 Å². The molecule has 0 saturated carbocycles. The SMILES string of the molecule is CNC(=O)C1CCCN1C(=O)c1cc(C(C)C)nn1C. The molecule has 1 saturated heterocycles. The molecule has 0 radical (unpaired) electrons. The monoisotopic (exact) mass is 278 g/mol. The number of likely N-dealkylation sites (tertiary alicyclic amines) is 1. The van der Waals surface area contributed by atoms with Crippen LogP contribution in [0.15, 0.2) is 6.07 Å². The topological polar surface area (TPSA) is 67.2 Å². The van der Waals surface area contributed by atoms with Gasteiger partial charge in [-0.3, -0.25) is 14.3 Å². The second kappa shape index (κ2) is 5.64. The van der Waals surface area contributed by atoms with Gasteiger partial charge in [-0.15, -0.1) is 0 Å². The molecule has 6 nitrogen and oxygen atoms in total. The molecular formula is C14H22N4O2. The highest BCUT2D eigenvalue weighted by Gasteiger charge is 2.35. The van der Waals surface area contributed by atoms with Crippen LogP contribution >= 0.6 is 0 Å². The van der Waals surface area contributed by atoms with E-state index in [1.807, 2.05) is 19.9 Å². The van der Waals surface area contributed by atoms with Gasteiger partial charge in [-0.1, -0.05) is 13.8 Å².